The third-order valence-corrected chi connectivity index (χ3v) is 10.1. The van der Waals surface area contributed by atoms with Gasteiger partial charge in [-0.1, -0.05) is 13.8 Å². The zero-order valence-corrected chi connectivity index (χ0v) is 17.3. The Labute approximate surface area is 163 Å². The first-order valence-corrected chi connectivity index (χ1v) is 11.3. The molecule has 150 valence electrons. The van der Waals surface area contributed by atoms with E-state index in [1.54, 1.807) is 6.08 Å². The fourth-order valence-electron chi connectivity index (χ4n) is 8.63. The summed E-state index contributed by atoms with van der Waals surface area (Å²) >= 11 is 0. The highest BCUT2D eigenvalue weighted by Gasteiger charge is 2.61. The van der Waals surface area contributed by atoms with E-state index < -0.39 is 5.60 Å². The lowest BCUT2D eigenvalue weighted by Crippen LogP contribution is -2.55. The van der Waals surface area contributed by atoms with Gasteiger partial charge in [0.15, 0.2) is 0 Å². The highest BCUT2D eigenvalue weighted by Crippen LogP contribution is 2.68. The van der Waals surface area contributed by atoms with E-state index in [9.17, 15) is 9.90 Å². The van der Waals surface area contributed by atoms with Crippen molar-refractivity contribution >= 4 is 5.97 Å². The molecule has 0 bridgehead atoms. The van der Waals surface area contributed by atoms with Crippen LogP contribution in [0.4, 0.5) is 0 Å². The van der Waals surface area contributed by atoms with Crippen molar-refractivity contribution in [3.8, 4) is 0 Å². The fourth-order valence-corrected chi connectivity index (χ4v) is 8.63. The molecule has 0 radical (unpaired) electrons. The van der Waals surface area contributed by atoms with Gasteiger partial charge in [-0.15, -0.1) is 0 Å². The number of rotatable bonds is 1. The quantitative estimate of drug-likeness (QED) is 0.667. The summed E-state index contributed by atoms with van der Waals surface area (Å²) in [6.07, 6.45) is 12.8. The third-order valence-electron chi connectivity index (χ3n) is 10.1. The molecule has 3 nitrogen and oxygen atoms in total. The van der Waals surface area contributed by atoms with Crippen LogP contribution in [0.5, 0.6) is 0 Å². The molecule has 1 N–H and O–H groups in total. The Morgan fingerprint density at radius 2 is 1.74 bits per heavy atom. The van der Waals surface area contributed by atoms with E-state index in [0.29, 0.717) is 29.3 Å². The fraction of sp³-hybridized carbons (Fsp3) is 0.875. The molecular weight excluding hydrogens is 336 g/mol. The van der Waals surface area contributed by atoms with E-state index in [0.717, 1.165) is 30.6 Å². The maximum atomic E-state index is 11.6. The lowest BCUT2D eigenvalue weighted by Gasteiger charge is -2.62. The summed E-state index contributed by atoms with van der Waals surface area (Å²) in [7, 11) is 0. The third kappa shape index (κ3) is 2.59. The number of carbonyl (C=O) groups excluding carboxylic acids is 1. The predicted molar refractivity (Wildman–Crippen MR) is 105 cm³/mol. The first-order chi connectivity index (χ1) is 12.7. The minimum absolute atomic E-state index is 0.131. The molecular formula is C24H36O3. The SMILES string of the molecule is C[C@]1(O)CC[C@]2(C)C3CC[C@@]4(C)C(CC[C@@H]4C4=CC(=O)OC4)C3CC[C@@H]2C1. The Hall–Kier alpha value is -0.830. The zero-order valence-electron chi connectivity index (χ0n) is 17.3. The second-order valence-electron chi connectivity index (χ2n) is 11.4. The first-order valence-electron chi connectivity index (χ1n) is 11.3. The molecule has 1 aliphatic heterocycles. The van der Waals surface area contributed by atoms with Crippen molar-refractivity contribution in [2.75, 3.05) is 6.61 Å². The molecule has 0 aromatic rings. The first kappa shape index (κ1) is 18.2. The number of hydrogen-bond acceptors (Lipinski definition) is 3. The summed E-state index contributed by atoms with van der Waals surface area (Å²) < 4.78 is 5.26. The highest BCUT2D eigenvalue weighted by atomic mass is 16.5. The van der Waals surface area contributed by atoms with Crippen molar-refractivity contribution < 1.29 is 14.6 Å². The van der Waals surface area contributed by atoms with Crippen LogP contribution in [0.2, 0.25) is 0 Å². The van der Waals surface area contributed by atoms with Crippen LogP contribution in [0.15, 0.2) is 11.6 Å². The van der Waals surface area contributed by atoms with E-state index in [1.807, 2.05) is 0 Å². The average molecular weight is 373 g/mol. The smallest absolute Gasteiger partial charge is 0.331 e. The number of fused-ring (bicyclic) bond motifs is 5. The van der Waals surface area contributed by atoms with Crippen LogP contribution in [0, 0.1) is 40.4 Å². The van der Waals surface area contributed by atoms with Gasteiger partial charge >= 0.3 is 5.97 Å². The molecule has 4 saturated carbocycles. The van der Waals surface area contributed by atoms with Crippen molar-refractivity contribution in [2.45, 2.75) is 84.2 Å². The monoisotopic (exact) mass is 372 g/mol. The normalized spacial score (nSPS) is 54.6. The number of carbonyl (C=O) groups is 1. The zero-order chi connectivity index (χ0) is 19.0. The topological polar surface area (TPSA) is 46.5 Å². The molecule has 4 aliphatic carbocycles. The Morgan fingerprint density at radius 1 is 0.963 bits per heavy atom. The second-order valence-corrected chi connectivity index (χ2v) is 11.4. The van der Waals surface area contributed by atoms with Crippen molar-refractivity contribution in [1.82, 2.24) is 0 Å². The number of esters is 1. The van der Waals surface area contributed by atoms with Gasteiger partial charge in [0, 0.05) is 6.08 Å². The highest BCUT2D eigenvalue weighted by molar-refractivity contribution is 5.85. The maximum Gasteiger partial charge on any atom is 0.331 e. The molecule has 5 aliphatic rings. The number of hydrogen-bond donors (Lipinski definition) is 1. The number of cyclic esters (lactones) is 1. The largest absolute Gasteiger partial charge is 0.458 e. The lowest BCUT2D eigenvalue weighted by atomic mass is 9.44. The molecule has 5 rings (SSSR count). The summed E-state index contributed by atoms with van der Waals surface area (Å²) in [6, 6.07) is 0. The van der Waals surface area contributed by atoms with Gasteiger partial charge in [-0.3, -0.25) is 0 Å². The van der Waals surface area contributed by atoms with Gasteiger partial charge in [-0.05, 0) is 111 Å². The van der Waals surface area contributed by atoms with Gasteiger partial charge in [0.25, 0.3) is 0 Å². The van der Waals surface area contributed by atoms with Crippen molar-refractivity contribution in [3.63, 3.8) is 0 Å². The van der Waals surface area contributed by atoms with Crippen LogP contribution in [-0.2, 0) is 9.53 Å². The molecule has 0 aromatic carbocycles. The van der Waals surface area contributed by atoms with Crippen LogP contribution >= 0.6 is 0 Å². The number of aliphatic hydroxyl groups is 1. The van der Waals surface area contributed by atoms with Crippen molar-refractivity contribution in [3.05, 3.63) is 11.6 Å². The molecule has 8 atom stereocenters. The number of ether oxygens (including phenoxy) is 1. The van der Waals surface area contributed by atoms with Crippen LogP contribution in [0.3, 0.4) is 0 Å². The van der Waals surface area contributed by atoms with E-state index in [-0.39, 0.29) is 5.97 Å². The predicted octanol–water partition coefficient (Wildman–Crippen LogP) is 4.88. The summed E-state index contributed by atoms with van der Waals surface area (Å²) in [6.45, 7) is 7.67. The van der Waals surface area contributed by atoms with E-state index in [4.69, 9.17) is 4.74 Å². The summed E-state index contributed by atoms with van der Waals surface area (Å²) in [5.74, 6) is 3.60. The molecule has 0 amide bonds. The Bertz CT molecular complexity index is 679. The molecule has 0 saturated heterocycles. The molecule has 27 heavy (non-hydrogen) atoms. The molecule has 0 spiro atoms. The van der Waals surface area contributed by atoms with Gasteiger partial charge in [0.1, 0.15) is 6.61 Å². The van der Waals surface area contributed by atoms with Gasteiger partial charge in [-0.25, -0.2) is 4.79 Å². The minimum Gasteiger partial charge on any atom is -0.458 e. The molecule has 3 heteroatoms. The van der Waals surface area contributed by atoms with Gasteiger partial charge < -0.3 is 9.84 Å². The van der Waals surface area contributed by atoms with E-state index in [2.05, 4.69) is 20.8 Å². The molecule has 3 unspecified atom stereocenters. The molecule has 1 heterocycles. The standard InChI is InChI=1S/C24H36O3/c1-22(26)10-11-23(2)16(13-22)4-5-17-19-7-6-18(15-12-21(25)27-14-15)24(19,3)9-8-20(17)23/h12,16-20,26H,4-11,13-14H2,1-3H3/t16-,17?,18-,19?,20?,22+,23+,24-/m1/s1. The Kier molecular flexibility index (Phi) is 3.94. The second kappa shape index (κ2) is 5.84. The average Bonchev–Trinajstić information content (AvgIpc) is 3.18. The van der Waals surface area contributed by atoms with Gasteiger partial charge in [0.2, 0.25) is 0 Å². The summed E-state index contributed by atoms with van der Waals surface area (Å²) in [5, 5.41) is 10.6. The lowest BCUT2D eigenvalue weighted by molar-refractivity contribution is -0.145. The summed E-state index contributed by atoms with van der Waals surface area (Å²) in [4.78, 5) is 11.6. The van der Waals surface area contributed by atoms with Crippen molar-refractivity contribution in [1.29, 1.82) is 0 Å². The van der Waals surface area contributed by atoms with Gasteiger partial charge in [0.05, 0.1) is 5.60 Å². The van der Waals surface area contributed by atoms with E-state index >= 15 is 0 Å². The van der Waals surface area contributed by atoms with Crippen LogP contribution in [-0.4, -0.2) is 23.3 Å². The van der Waals surface area contributed by atoms with Crippen LogP contribution in [0.1, 0.15) is 78.6 Å². The van der Waals surface area contributed by atoms with Crippen molar-refractivity contribution in [2.24, 2.45) is 40.4 Å². The maximum absolute atomic E-state index is 11.6. The van der Waals surface area contributed by atoms with Crippen LogP contribution < -0.4 is 0 Å². The molecule has 4 fully saturated rings. The Morgan fingerprint density at radius 3 is 2.48 bits per heavy atom. The summed E-state index contributed by atoms with van der Waals surface area (Å²) in [5.41, 5.74) is 1.61. The Balaban J connectivity index is 1.41. The minimum atomic E-state index is -0.444. The molecule has 0 aromatic heterocycles. The van der Waals surface area contributed by atoms with Crippen LogP contribution in [0.25, 0.3) is 0 Å². The van der Waals surface area contributed by atoms with E-state index in [1.165, 1.54) is 50.5 Å². The van der Waals surface area contributed by atoms with Gasteiger partial charge in [-0.2, -0.15) is 0 Å².